The molecule has 2 aromatic carbocycles. The maximum Gasteiger partial charge on any atom is 0.166 e. The summed E-state index contributed by atoms with van der Waals surface area (Å²) in [5.74, 6) is 1.90. The van der Waals surface area contributed by atoms with E-state index in [0.29, 0.717) is 11.7 Å². The number of hydrogen-bond acceptors (Lipinski definition) is 4. The Morgan fingerprint density at radius 3 is 2.89 bits per heavy atom. The van der Waals surface area contributed by atoms with Crippen LogP contribution in [0.5, 0.6) is 11.5 Å². The second kappa shape index (κ2) is 7.73. The van der Waals surface area contributed by atoms with Crippen LogP contribution in [0.3, 0.4) is 0 Å². The summed E-state index contributed by atoms with van der Waals surface area (Å²) in [5, 5.41) is 8.80. The van der Waals surface area contributed by atoms with Gasteiger partial charge < -0.3 is 14.0 Å². The minimum absolute atomic E-state index is 0.108. The summed E-state index contributed by atoms with van der Waals surface area (Å²) in [7, 11) is 0. The van der Waals surface area contributed by atoms with Crippen molar-refractivity contribution in [3.8, 4) is 23.3 Å². The highest BCUT2D eigenvalue weighted by Crippen LogP contribution is 2.40. The highest BCUT2D eigenvalue weighted by molar-refractivity contribution is 5.41. The Bertz CT molecular complexity index is 1020. The first-order valence-electron chi connectivity index (χ1n) is 9.27. The molecule has 0 saturated heterocycles. The van der Waals surface area contributed by atoms with E-state index in [2.05, 4.69) is 9.55 Å². The molecule has 6 heteroatoms. The van der Waals surface area contributed by atoms with Crippen LogP contribution in [0.15, 0.2) is 54.9 Å². The van der Waals surface area contributed by atoms with Crippen LogP contribution in [-0.2, 0) is 0 Å². The first kappa shape index (κ1) is 18.1. The summed E-state index contributed by atoms with van der Waals surface area (Å²) in [5.41, 5.74) is 1.26. The molecule has 4 rings (SSSR count). The van der Waals surface area contributed by atoms with Gasteiger partial charge in [-0.15, -0.1) is 0 Å². The topological polar surface area (TPSA) is 60.1 Å². The van der Waals surface area contributed by atoms with Gasteiger partial charge in [0, 0.05) is 24.4 Å². The van der Waals surface area contributed by atoms with Crippen molar-refractivity contribution in [2.75, 3.05) is 6.61 Å². The molecule has 0 aliphatic heterocycles. The Morgan fingerprint density at radius 1 is 1.29 bits per heavy atom. The molecule has 0 unspecified atom stereocenters. The summed E-state index contributed by atoms with van der Waals surface area (Å²) in [6, 6.07) is 13.8. The first-order chi connectivity index (χ1) is 13.6. The third-order valence-electron chi connectivity index (χ3n) is 4.58. The molecule has 3 aromatic rings. The summed E-state index contributed by atoms with van der Waals surface area (Å²) < 4.78 is 27.5. The van der Waals surface area contributed by atoms with Gasteiger partial charge >= 0.3 is 0 Å². The number of ether oxygens (including phenoxy) is 2. The first-order valence-corrected chi connectivity index (χ1v) is 9.27. The zero-order chi connectivity index (χ0) is 19.5. The van der Waals surface area contributed by atoms with Crippen molar-refractivity contribution in [1.82, 2.24) is 9.55 Å². The van der Waals surface area contributed by atoms with E-state index in [1.165, 1.54) is 25.0 Å². The fourth-order valence-electron chi connectivity index (χ4n) is 3.03. The zero-order valence-corrected chi connectivity index (χ0v) is 15.5. The number of nitrogens with zero attached hydrogens (tertiary/aromatic N) is 3. The van der Waals surface area contributed by atoms with Crippen molar-refractivity contribution in [3.63, 3.8) is 0 Å². The van der Waals surface area contributed by atoms with E-state index < -0.39 is 5.82 Å². The fraction of sp³-hybridized carbons (Fsp3) is 0.273. The molecule has 0 bridgehead atoms. The quantitative estimate of drug-likeness (QED) is 0.603. The molecule has 1 saturated carbocycles. The van der Waals surface area contributed by atoms with Crippen LogP contribution in [0.2, 0.25) is 0 Å². The minimum atomic E-state index is -0.555. The highest BCUT2D eigenvalue weighted by atomic mass is 19.1. The van der Waals surface area contributed by atoms with Crippen molar-refractivity contribution in [2.24, 2.45) is 0 Å². The van der Waals surface area contributed by atoms with Gasteiger partial charge in [-0.3, -0.25) is 0 Å². The molecule has 0 radical (unpaired) electrons. The molecule has 0 spiro atoms. The van der Waals surface area contributed by atoms with Crippen molar-refractivity contribution < 1.29 is 13.9 Å². The standard InChI is InChI=1S/C22H20FN3O2/c1-15(28-21-8-5-16(13-24)11-20(21)23)14-27-19-4-2-3-18(12-19)26-10-9-25-22(26)17-6-7-17/h2-5,8-12,15,17H,6-7,14H2,1H3/t15-/m0/s1. The third kappa shape index (κ3) is 3.99. The maximum atomic E-state index is 14.0. The van der Waals surface area contributed by atoms with E-state index in [9.17, 15) is 4.39 Å². The molecule has 0 amide bonds. The maximum absolute atomic E-state index is 14.0. The molecule has 1 aliphatic carbocycles. The smallest absolute Gasteiger partial charge is 0.166 e. The lowest BCUT2D eigenvalue weighted by Crippen LogP contribution is -2.21. The van der Waals surface area contributed by atoms with Gasteiger partial charge in [0.05, 0.1) is 17.3 Å². The second-order valence-electron chi connectivity index (χ2n) is 6.92. The Labute approximate surface area is 163 Å². The Kier molecular flexibility index (Phi) is 4.98. The normalized spacial score (nSPS) is 14.3. The molecule has 5 nitrogen and oxygen atoms in total. The van der Waals surface area contributed by atoms with Crippen LogP contribution < -0.4 is 9.47 Å². The Morgan fingerprint density at radius 2 is 2.14 bits per heavy atom. The number of benzene rings is 2. The van der Waals surface area contributed by atoms with Crippen molar-refractivity contribution in [2.45, 2.75) is 31.8 Å². The average molecular weight is 377 g/mol. The molecule has 0 N–H and O–H groups in total. The monoisotopic (exact) mass is 377 g/mol. The molecule has 142 valence electrons. The molecule has 28 heavy (non-hydrogen) atoms. The van der Waals surface area contributed by atoms with Gasteiger partial charge in [0.2, 0.25) is 0 Å². The van der Waals surface area contributed by atoms with Gasteiger partial charge in [-0.1, -0.05) is 6.07 Å². The fourth-order valence-corrected chi connectivity index (χ4v) is 3.03. The number of halogens is 1. The molecule has 1 fully saturated rings. The highest BCUT2D eigenvalue weighted by Gasteiger charge is 2.28. The predicted octanol–water partition coefficient (Wildman–Crippen LogP) is 4.61. The van der Waals surface area contributed by atoms with Crippen LogP contribution >= 0.6 is 0 Å². The lowest BCUT2D eigenvalue weighted by atomic mass is 10.2. The van der Waals surface area contributed by atoms with Gasteiger partial charge in [0.1, 0.15) is 24.3 Å². The van der Waals surface area contributed by atoms with E-state index in [-0.39, 0.29) is 24.0 Å². The number of imidazole rings is 1. The van der Waals surface area contributed by atoms with Gasteiger partial charge in [-0.25, -0.2) is 9.37 Å². The lowest BCUT2D eigenvalue weighted by Gasteiger charge is -2.17. The molecular weight excluding hydrogens is 357 g/mol. The van der Waals surface area contributed by atoms with E-state index in [0.717, 1.165) is 17.6 Å². The van der Waals surface area contributed by atoms with E-state index >= 15 is 0 Å². The van der Waals surface area contributed by atoms with Crippen LogP contribution in [0, 0.1) is 17.1 Å². The van der Waals surface area contributed by atoms with E-state index in [1.807, 2.05) is 49.7 Å². The summed E-state index contributed by atoms with van der Waals surface area (Å²) in [4.78, 5) is 4.47. The molecule has 1 heterocycles. The van der Waals surface area contributed by atoms with E-state index in [1.54, 1.807) is 0 Å². The second-order valence-corrected chi connectivity index (χ2v) is 6.92. The van der Waals surface area contributed by atoms with Gasteiger partial charge in [0.15, 0.2) is 11.6 Å². The number of rotatable bonds is 7. The van der Waals surface area contributed by atoms with Crippen molar-refractivity contribution in [3.05, 3.63) is 72.1 Å². The number of nitriles is 1. The minimum Gasteiger partial charge on any atom is -0.490 e. The van der Waals surface area contributed by atoms with Gasteiger partial charge in [0.25, 0.3) is 0 Å². The Hall–Kier alpha value is -3.33. The largest absolute Gasteiger partial charge is 0.490 e. The average Bonchev–Trinajstić information content (AvgIpc) is 3.44. The summed E-state index contributed by atoms with van der Waals surface area (Å²) in [6.07, 6.45) is 5.80. The zero-order valence-electron chi connectivity index (χ0n) is 15.5. The molecule has 1 aliphatic rings. The molecular formula is C22H20FN3O2. The third-order valence-corrected chi connectivity index (χ3v) is 4.58. The van der Waals surface area contributed by atoms with Crippen molar-refractivity contribution >= 4 is 0 Å². The summed E-state index contributed by atoms with van der Waals surface area (Å²) in [6.45, 7) is 2.07. The lowest BCUT2D eigenvalue weighted by molar-refractivity contribution is 0.138. The van der Waals surface area contributed by atoms with E-state index in [4.69, 9.17) is 14.7 Å². The van der Waals surface area contributed by atoms with Crippen molar-refractivity contribution in [1.29, 1.82) is 5.26 Å². The van der Waals surface area contributed by atoms with Crippen LogP contribution in [0.1, 0.15) is 37.1 Å². The van der Waals surface area contributed by atoms with Crippen LogP contribution in [0.4, 0.5) is 4.39 Å². The van der Waals surface area contributed by atoms with Gasteiger partial charge in [-0.2, -0.15) is 5.26 Å². The Balaban J connectivity index is 1.40. The van der Waals surface area contributed by atoms with Crippen LogP contribution in [-0.4, -0.2) is 22.3 Å². The molecule has 1 aromatic heterocycles. The number of hydrogen-bond donors (Lipinski definition) is 0. The predicted molar refractivity (Wildman–Crippen MR) is 102 cm³/mol. The molecule has 1 atom stereocenters. The van der Waals surface area contributed by atoms with Crippen LogP contribution in [0.25, 0.3) is 5.69 Å². The number of aromatic nitrogens is 2. The van der Waals surface area contributed by atoms with Gasteiger partial charge in [-0.05, 0) is 50.1 Å². The SMILES string of the molecule is C[C@@H](COc1cccc(-n2ccnc2C2CC2)c1)Oc1ccc(C#N)cc1F. The summed E-state index contributed by atoms with van der Waals surface area (Å²) >= 11 is 0.